The number of ether oxygens (including phenoxy) is 1. The van der Waals surface area contributed by atoms with Crippen LogP contribution in [0.3, 0.4) is 0 Å². The number of likely N-dealkylation sites (tertiary alicyclic amines) is 1. The minimum Gasteiger partial charge on any atom is -0.381 e. The van der Waals surface area contributed by atoms with Crippen LogP contribution in [0.5, 0.6) is 0 Å². The molecule has 1 saturated heterocycles. The number of hydrogen-bond acceptors (Lipinski definition) is 4. The first kappa shape index (κ1) is 17.7. The SMILES string of the molecule is COC1CCN(CC(=O)Nc2ccc(Br)cc2Cl)C(CN)C1. The summed E-state index contributed by atoms with van der Waals surface area (Å²) >= 11 is 9.46. The van der Waals surface area contributed by atoms with Crippen molar-refractivity contribution in [1.82, 2.24) is 4.90 Å². The van der Waals surface area contributed by atoms with Crippen LogP contribution in [0, 0.1) is 0 Å². The second-order valence-corrected chi connectivity index (χ2v) is 6.74. The highest BCUT2D eigenvalue weighted by atomic mass is 79.9. The van der Waals surface area contributed by atoms with Crippen LogP contribution in [-0.4, -0.2) is 49.7 Å². The van der Waals surface area contributed by atoms with Gasteiger partial charge in [0.2, 0.25) is 5.91 Å². The highest BCUT2D eigenvalue weighted by molar-refractivity contribution is 9.10. The van der Waals surface area contributed by atoms with Crippen molar-refractivity contribution in [3.8, 4) is 0 Å². The number of benzene rings is 1. The average molecular weight is 391 g/mol. The lowest BCUT2D eigenvalue weighted by atomic mass is 9.99. The molecule has 5 nitrogen and oxygen atoms in total. The number of amides is 1. The molecule has 0 radical (unpaired) electrons. The molecular weight excluding hydrogens is 370 g/mol. The lowest BCUT2D eigenvalue weighted by Gasteiger charge is -2.37. The molecule has 0 bridgehead atoms. The van der Waals surface area contributed by atoms with E-state index in [1.807, 2.05) is 6.07 Å². The monoisotopic (exact) mass is 389 g/mol. The van der Waals surface area contributed by atoms with E-state index in [0.29, 0.717) is 23.8 Å². The number of nitrogens with two attached hydrogens (primary N) is 1. The summed E-state index contributed by atoms with van der Waals surface area (Å²) in [6.07, 6.45) is 2.01. The third-order valence-corrected chi connectivity index (χ3v) is 4.75. The number of halogens is 2. The Morgan fingerprint density at radius 2 is 2.36 bits per heavy atom. The van der Waals surface area contributed by atoms with Gasteiger partial charge in [-0.1, -0.05) is 27.5 Å². The number of nitrogens with one attached hydrogen (secondary N) is 1. The quantitative estimate of drug-likeness (QED) is 0.810. The third kappa shape index (κ3) is 4.67. The summed E-state index contributed by atoms with van der Waals surface area (Å²) in [5.41, 5.74) is 6.44. The van der Waals surface area contributed by atoms with E-state index in [1.165, 1.54) is 0 Å². The molecule has 122 valence electrons. The molecule has 0 spiro atoms. The molecule has 2 atom stereocenters. The van der Waals surface area contributed by atoms with Gasteiger partial charge in [-0.25, -0.2) is 0 Å². The lowest BCUT2D eigenvalue weighted by Crippen LogP contribution is -2.50. The summed E-state index contributed by atoms with van der Waals surface area (Å²) in [7, 11) is 1.72. The van der Waals surface area contributed by atoms with Gasteiger partial charge in [0.15, 0.2) is 0 Å². The molecule has 1 heterocycles. The Kier molecular flexibility index (Phi) is 6.65. The van der Waals surface area contributed by atoms with Gasteiger partial charge in [0.25, 0.3) is 0 Å². The minimum atomic E-state index is -0.0847. The maximum atomic E-state index is 12.2. The van der Waals surface area contributed by atoms with Gasteiger partial charge in [-0.15, -0.1) is 0 Å². The fraction of sp³-hybridized carbons (Fsp3) is 0.533. The number of methoxy groups -OCH3 is 1. The zero-order chi connectivity index (χ0) is 16.1. The number of hydrogen-bond donors (Lipinski definition) is 2. The maximum Gasteiger partial charge on any atom is 0.238 e. The van der Waals surface area contributed by atoms with Gasteiger partial charge in [0.1, 0.15) is 0 Å². The third-order valence-electron chi connectivity index (χ3n) is 3.95. The molecule has 0 aliphatic carbocycles. The smallest absolute Gasteiger partial charge is 0.238 e. The average Bonchev–Trinajstić information content (AvgIpc) is 2.50. The summed E-state index contributed by atoms with van der Waals surface area (Å²) < 4.78 is 6.27. The zero-order valence-electron chi connectivity index (χ0n) is 12.5. The van der Waals surface area contributed by atoms with E-state index in [2.05, 4.69) is 26.1 Å². The molecule has 22 heavy (non-hydrogen) atoms. The summed E-state index contributed by atoms with van der Waals surface area (Å²) in [6, 6.07) is 5.55. The first-order valence-electron chi connectivity index (χ1n) is 7.25. The van der Waals surface area contributed by atoms with Crippen LogP contribution in [0.4, 0.5) is 5.69 Å². The summed E-state index contributed by atoms with van der Waals surface area (Å²) in [5.74, 6) is -0.0847. The Morgan fingerprint density at radius 1 is 1.59 bits per heavy atom. The van der Waals surface area contributed by atoms with Crippen LogP contribution in [-0.2, 0) is 9.53 Å². The van der Waals surface area contributed by atoms with E-state index in [-0.39, 0.29) is 18.1 Å². The van der Waals surface area contributed by atoms with E-state index >= 15 is 0 Å². The van der Waals surface area contributed by atoms with E-state index in [1.54, 1.807) is 19.2 Å². The highest BCUT2D eigenvalue weighted by Crippen LogP contribution is 2.26. The van der Waals surface area contributed by atoms with Crippen molar-refractivity contribution in [3.63, 3.8) is 0 Å². The molecule has 2 rings (SSSR count). The van der Waals surface area contributed by atoms with Gasteiger partial charge in [0.05, 0.1) is 23.4 Å². The predicted octanol–water partition coefficient (Wildman–Crippen LogP) is 2.48. The van der Waals surface area contributed by atoms with E-state index in [0.717, 1.165) is 23.9 Å². The Labute approximate surface area is 144 Å². The maximum absolute atomic E-state index is 12.2. The predicted molar refractivity (Wildman–Crippen MR) is 92.2 cm³/mol. The first-order chi connectivity index (χ1) is 10.5. The van der Waals surface area contributed by atoms with Crippen molar-refractivity contribution < 1.29 is 9.53 Å². The Morgan fingerprint density at radius 3 is 3.00 bits per heavy atom. The van der Waals surface area contributed by atoms with Gasteiger partial charge in [0, 0.05) is 30.7 Å². The van der Waals surface area contributed by atoms with Crippen LogP contribution in [0.2, 0.25) is 5.02 Å². The minimum absolute atomic E-state index is 0.0847. The number of nitrogens with zero attached hydrogens (tertiary/aromatic N) is 1. The molecule has 1 amide bonds. The van der Waals surface area contributed by atoms with Crippen LogP contribution < -0.4 is 11.1 Å². The van der Waals surface area contributed by atoms with E-state index < -0.39 is 0 Å². The molecule has 1 aromatic rings. The van der Waals surface area contributed by atoms with Crippen molar-refractivity contribution in [3.05, 3.63) is 27.7 Å². The Balaban J connectivity index is 1.93. The number of anilines is 1. The van der Waals surface area contributed by atoms with Crippen LogP contribution in [0.15, 0.2) is 22.7 Å². The van der Waals surface area contributed by atoms with Gasteiger partial charge >= 0.3 is 0 Å². The van der Waals surface area contributed by atoms with Gasteiger partial charge in [-0.05, 0) is 31.0 Å². The molecule has 3 N–H and O–H groups in total. The van der Waals surface area contributed by atoms with Crippen molar-refractivity contribution in [2.24, 2.45) is 5.73 Å². The fourth-order valence-electron chi connectivity index (χ4n) is 2.70. The molecule has 1 aliphatic rings. The van der Waals surface area contributed by atoms with Crippen LogP contribution in [0.1, 0.15) is 12.8 Å². The number of piperidine rings is 1. The molecule has 7 heteroatoms. The Bertz CT molecular complexity index is 530. The first-order valence-corrected chi connectivity index (χ1v) is 8.42. The topological polar surface area (TPSA) is 67.6 Å². The van der Waals surface area contributed by atoms with Crippen molar-refractivity contribution >= 4 is 39.1 Å². The lowest BCUT2D eigenvalue weighted by molar-refractivity contribution is -0.118. The normalized spacial score (nSPS) is 22.5. The number of carbonyl (C=O) groups excluding carboxylic acids is 1. The van der Waals surface area contributed by atoms with Crippen LogP contribution in [0.25, 0.3) is 0 Å². The molecule has 2 unspecified atom stereocenters. The summed E-state index contributed by atoms with van der Waals surface area (Å²) in [4.78, 5) is 14.3. The largest absolute Gasteiger partial charge is 0.381 e. The molecule has 1 aromatic carbocycles. The number of carbonyl (C=O) groups is 1. The molecule has 1 aliphatic heterocycles. The number of rotatable bonds is 5. The second-order valence-electron chi connectivity index (χ2n) is 5.41. The summed E-state index contributed by atoms with van der Waals surface area (Å²) in [5, 5.41) is 3.36. The van der Waals surface area contributed by atoms with E-state index in [4.69, 9.17) is 22.1 Å². The summed E-state index contributed by atoms with van der Waals surface area (Å²) in [6.45, 7) is 1.64. The molecule has 0 saturated carbocycles. The fourth-order valence-corrected chi connectivity index (χ4v) is 3.42. The van der Waals surface area contributed by atoms with Crippen LogP contribution >= 0.6 is 27.5 Å². The van der Waals surface area contributed by atoms with E-state index in [9.17, 15) is 4.79 Å². The Hall–Kier alpha value is -0.660. The second kappa shape index (κ2) is 8.26. The zero-order valence-corrected chi connectivity index (χ0v) is 14.9. The van der Waals surface area contributed by atoms with Crippen molar-refractivity contribution in [2.75, 3.05) is 32.1 Å². The highest BCUT2D eigenvalue weighted by Gasteiger charge is 2.28. The van der Waals surface area contributed by atoms with Gasteiger partial charge in [-0.3, -0.25) is 9.69 Å². The van der Waals surface area contributed by atoms with Crippen molar-refractivity contribution in [2.45, 2.75) is 25.0 Å². The van der Waals surface area contributed by atoms with Crippen molar-refractivity contribution in [1.29, 1.82) is 0 Å². The standard InChI is InChI=1S/C15H21BrClN3O2/c1-22-12-4-5-20(11(7-12)8-18)9-15(21)19-14-3-2-10(16)6-13(14)17/h2-3,6,11-12H,4-5,7-9,18H2,1H3,(H,19,21). The molecule has 1 fully saturated rings. The van der Waals surface area contributed by atoms with Gasteiger partial charge in [-0.2, -0.15) is 0 Å². The molecular formula is C15H21BrClN3O2. The van der Waals surface area contributed by atoms with Gasteiger partial charge < -0.3 is 15.8 Å². The molecule has 0 aromatic heterocycles.